The molecule has 6 nitrogen and oxygen atoms in total. The van der Waals surface area contributed by atoms with Gasteiger partial charge in [-0.1, -0.05) is 35.9 Å². The van der Waals surface area contributed by atoms with Gasteiger partial charge in [0.25, 0.3) is 5.91 Å². The second kappa shape index (κ2) is 10.2. The topological polar surface area (TPSA) is 61.9 Å². The zero-order chi connectivity index (χ0) is 22.4. The molecule has 31 heavy (non-hydrogen) atoms. The van der Waals surface area contributed by atoms with E-state index in [-0.39, 0.29) is 5.91 Å². The van der Waals surface area contributed by atoms with E-state index >= 15 is 0 Å². The summed E-state index contributed by atoms with van der Waals surface area (Å²) in [5, 5.41) is 3.47. The highest BCUT2D eigenvalue weighted by Gasteiger charge is 2.22. The number of alkyl carbamates (subject to hydrolysis) is 1. The minimum Gasteiger partial charge on any atom is -0.444 e. The lowest BCUT2D eigenvalue weighted by molar-refractivity contribution is 0.0522. The van der Waals surface area contributed by atoms with Crippen LogP contribution in [-0.4, -0.2) is 53.6 Å². The number of piperazine rings is 1. The maximum atomic E-state index is 12.8. The Labute approximate surface area is 189 Å². The van der Waals surface area contributed by atoms with Crippen LogP contribution < -0.4 is 5.32 Å². The molecule has 166 valence electrons. The van der Waals surface area contributed by atoms with Crippen LogP contribution in [0.2, 0.25) is 5.02 Å². The van der Waals surface area contributed by atoms with Crippen LogP contribution in [-0.2, 0) is 17.8 Å². The number of amides is 2. The van der Waals surface area contributed by atoms with E-state index in [9.17, 15) is 9.59 Å². The van der Waals surface area contributed by atoms with Gasteiger partial charge in [-0.05, 0) is 56.2 Å². The molecule has 1 fully saturated rings. The van der Waals surface area contributed by atoms with Crippen LogP contribution in [0.15, 0.2) is 48.5 Å². The predicted molar refractivity (Wildman–Crippen MR) is 122 cm³/mol. The molecule has 2 amide bonds. The lowest BCUT2D eigenvalue weighted by Gasteiger charge is -2.34. The third kappa shape index (κ3) is 7.26. The van der Waals surface area contributed by atoms with Crippen LogP contribution in [0.3, 0.4) is 0 Å². The maximum absolute atomic E-state index is 12.8. The molecule has 7 heteroatoms. The van der Waals surface area contributed by atoms with Crippen LogP contribution in [0.4, 0.5) is 4.79 Å². The molecule has 0 aliphatic carbocycles. The molecule has 0 unspecified atom stereocenters. The zero-order valence-corrected chi connectivity index (χ0v) is 19.1. The number of nitrogens with one attached hydrogen (secondary N) is 1. The Morgan fingerprint density at radius 1 is 1.00 bits per heavy atom. The monoisotopic (exact) mass is 443 g/mol. The number of rotatable bonds is 5. The van der Waals surface area contributed by atoms with Gasteiger partial charge < -0.3 is 15.0 Å². The van der Waals surface area contributed by atoms with Crippen molar-refractivity contribution in [3.05, 3.63) is 70.2 Å². The van der Waals surface area contributed by atoms with Gasteiger partial charge in [-0.15, -0.1) is 0 Å². The number of nitrogens with zero attached hydrogens (tertiary/aromatic N) is 2. The first-order valence-electron chi connectivity index (χ1n) is 10.5. The summed E-state index contributed by atoms with van der Waals surface area (Å²) in [5.41, 5.74) is 2.22. The molecule has 0 saturated carbocycles. The van der Waals surface area contributed by atoms with E-state index in [4.69, 9.17) is 16.3 Å². The number of halogens is 1. The number of carbonyl (C=O) groups excluding carboxylic acids is 2. The van der Waals surface area contributed by atoms with Crippen molar-refractivity contribution in [3.8, 4) is 0 Å². The summed E-state index contributed by atoms with van der Waals surface area (Å²) in [7, 11) is 0. The first-order chi connectivity index (χ1) is 14.7. The van der Waals surface area contributed by atoms with E-state index in [0.717, 1.165) is 30.2 Å². The number of benzene rings is 2. The molecule has 0 aromatic heterocycles. The van der Waals surface area contributed by atoms with Crippen molar-refractivity contribution >= 4 is 23.6 Å². The normalized spacial score (nSPS) is 14.9. The van der Waals surface area contributed by atoms with Crippen LogP contribution in [0.1, 0.15) is 42.3 Å². The van der Waals surface area contributed by atoms with Crippen LogP contribution in [0, 0.1) is 0 Å². The van der Waals surface area contributed by atoms with Crippen molar-refractivity contribution < 1.29 is 14.3 Å². The third-order valence-electron chi connectivity index (χ3n) is 4.99. The number of ether oxygens (including phenoxy) is 1. The second-order valence-electron chi connectivity index (χ2n) is 8.75. The summed E-state index contributed by atoms with van der Waals surface area (Å²) >= 11 is 6.07. The fraction of sp³-hybridized carbons (Fsp3) is 0.417. The molecule has 3 rings (SSSR count). The lowest BCUT2D eigenvalue weighted by atomic mass is 10.1. The van der Waals surface area contributed by atoms with Gasteiger partial charge in [0.15, 0.2) is 0 Å². The fourth-order valence-corrected chi connectivity index (χ4v) is 3.65. The summed E-state index contributed by atoms with van der Waals surface area (Å²) in [6, 6.07) is 15.2. The summed E-state index contributed by atoms with van der Waals surface area (Å²) < 4.78 is 5.23. The van der Waals surface area contributed by atoms with Crippen molar-refractivity contribution in [3.63, 3.8) is 0 Å². The summed E-state index contributed by atoms with van der Waals surface area (Å²) in [6.45, 7) is 9.71. The van der Waals surface area contributed by atoms with Gasteiger partial charge in [0, 0.05) is 49.9 Å². The summed E-state index contributed by atoms with van der Waals surface area (Å²) in [6.07, 6.45) is -0.455. The van der Waals surface area contributed by atoms with Crippen molar-refractivity contribution in [2.45, 2.75) is 39.5 Å². The van der Waals surface area contributed by atoms with Crippen LogP contribution in [0.25, 0.3) is 0 Å². The van der Waals surface area contributed by atoms with E-state index in [1.54, 1.807) is 0 Å². The smallest absolute Gasteiger partial charge is 0.407 e. The molecular formula is C24H30ClN3O3. The molecule has 0 bridgehead atoms. The van der Waals surface area contributed by atoms with Gasteiger partial charge in [0.2, 0.25) is 0 Å². The average molecular weight is 444 g/mol. The highest BCUT2D eigenvalue weighted by Crippen LogP contribution is 2.15. The molecular weight excluding hydrogens is 414 g/mol. The highest BCUT2D eigenvalue weighted by molar-refractivity contribution is 6.30. The van der Waals surface area contributed by atoms with Crippen molar-refractivity contribution in [2.24, 2.45) is 0 Å². The second-order valence-corrected chi connectivity index (χ2v) is 9.19. The van der Waals surface area contributed by atoms with Crippen molar-refractivity contribution in [1.29, 1.82) is 0 Å². The average Bonchev–Trinajstić information content (AvgIpc) is 2.71. The van der Waals surface area contributed by atoms with Crippen LogP contribution >= 0.6 is 11.6 Å². The summed E-state index contributed by atoms with van der Waals surface area (Å²) in [5.74, 6) is 0.0362. The molecule has 1 N–H and O–H groups in total. The molecule has 2 aromatic rings. The van der Waals surface area contributed by atoms with Gasteiger partial charge >= 0.3 is 6.09 Å². The van der Waals surface area contributed by atoms with Gasteiger partial charge in [-0.25, -0.2) is 4.79 Å². The molecule has 0 spiro atoms. The van der Waals surface area contributed by atoms with E-state index < -0.39 is 11.7 Å². The maximum Gasteiger partial charge on any atom is 0.407 e. The standard InChI is InChI=1S/C24H30ClN3O3/c1-24(2,3)31-23(30)26-16-18-7-9-20(10-8-18)22(29)28-13-11-27(12-14-28)17-19-5-4-6-21(25)15-19/h4-10,15H,11-14,16-17H2,1-3H3,(H,26,30). The Morgan fingerprint density at radius 2 is 1.68 bits per heavy atom. The molecule has 1 saturated heterocycles. The predicted octanol–water partition coefficient (Wildman–Crippen LogP) is 4.32. The minimum absolute atomic E-state index is 0.0362. The third-order valence-corrected chi connectivity index (χ3v) is 5.23. The minimum atomic E-state index is -0.529. The Bertz CT molecular complexity index is 901. The quantitative estimate of drug-likeness (QED) is 0.747. The molecule has 1 aliphatic heterocycles. The Balaban J connectivity index is 1.47. The van der Waals surface area contributed by atoms with E-state index in [0.29, 0.717) is 25.2 Å². The van der Waals surface area contributed by atoms with Gasteiger partial charge in [0.1, 0.15) is 5.60 Å². The zero-order valence-electron chi connectivity index (χ0n) is 18.4. The Kier molecular flexibility index (Phi) is 7.57. The van der Waals surface area contributed by atoms with E-state index in [1.165, 1.54) is 5.56 Å². The first kappa shape index (κ1) is 23.1. The van der Waals surface area contributed by atoms with E-state index in [2.05, 4.69) is 16.3 Å². The number of carbonyl (C=O) groups is 2. The molecule has 2 aromatic carbocycles. The van der Waals surface area contributed by atoms with Gasteiger partial charge in [-0.2, -0.15) is 0 Å². The molecule has 0 radical (unpaired) electrons. The molecule has 1 aliphatic rings. The van der Waals surface area contributed by atoms with Gasteiger partial charge in [0.05, 0.1) is 0 Å². The Morgan fingerprint density at radius 3 is 2.29 bits per heavy atom. The van der Waals surface area contributed by atoms with Crippen molar-refractivity contribution in [1.82, 2.24) is 15.1 Å². The van der Waals surface area contributed by atoms with Gasteiger partial charge in [-0.3, -0.25) is 9.69 Å². The number of hydrogen-bond acceptors (Lipinski definition) is 4. The first-order valence-corrected chi connectivity index (χ1v) is 10.9. The SMILES string of the molecule is CC(C)(C)OC(=O)NCc1ccc(C(=O)N2CCN(Cc3cccc(Cl)c3)CC2)cc1. The molecule has 0 atom stereocenters. The Hall–Kier alpha value is -2.57. The van der Waals surface area contributed by atoms with Crippen LogP contribution in [0.5, 0.6) is 0 Å². The molecule has 1 heterocycles. The largest absolute Gasteiger partial charge is 0.444 e. The van der Waals surface area contributed by atoms with Crippen molar-refractivity contribution in [2.75, 3.05) is 26.2 Å². The lowest BCUT2D eigenvalue weighted by Crippen LogP contribution is -2.48. The van der Waals surface area contributed by atoms with E-state index in [1.807, 2.05) is 68.1 Å². The fourth-order valence-electron chi connectivity index (χ4n) is 3.44. The number of hydrogen-bond donors (Lipinski definition) is 1. The highest BCUT2D eigenvalue weighted by atomic mass is 35.5. The summed E-state index contributed by atoms with van der Waals surface area (Å²) in [4.78, 5) is 28.8.